The van der Waals surface area contributed by atoms with E-state index in [0.29, 0.717) is 19.3 Å². The van der Waals surface area contributed by atoms with Crippen molar-refractivity contribution in [1.82, 2.24) is 5.32 Å². The van der Waals surface area contributed by atoms with E-state index in [1.54, 1.807) is 0 Å². The van der Waals surface area contributed by atoms with Gasteiger partial charge in [-0.1, -0.05) is 38.1 Å². The maximum atomic E-state index is 11.9. The highest BCUT2D eigenvalue weighted by Crippen LogP contribution is 2.08. The third-order valence-corrected chi connectivity index (χ3v) is 3.57. The second kappa shape index (κ2) is 9.16. The molecule has 116 valence electrons. The lowest BCUT2D eigenvalue weighted by molar-refractivity contribution is -0.141. The van der Waals surface area contributed by atoms with Crippen molar-refractivity contribution in [2.24, 2.45) is 0 Å². The van der Waals surface area contributed by atoms with Gasteiger partial charge in [0.1, 0.15) is 0 Å². The number of esters is 1. The van der Waals surface area contributed by atoms with Crippen LogP contribution in [0.5, 0.6) is 0 Å². The minimum Gasteiger partial charge on any atom is -0.469 e. The molecule has 4 nitrogen and oxygen atoms in total. The molecule has 0 fully saturated rings. The SMILES string of the molecule is CCc1ccc(CCC(=O)NC(CC)CC(=O)OC)cc1. The summed E-state index contributed by atoms with van der Waals surface area (Å²) in [7, 11) is 1.36. The number of benzene rings is 1. The molecule has 1 rings (SSSR count). The van der Waals surface area contributed by atoms with Gasteiger partial charge in [0.2, 0.25) is 5.91 Å². The van der Waals surface area contributed by atoms with Gasteiger partial charge >= 0.3 is 5.97 Å². The number of aryl methyl sites for hydroxylation is 2. The Morgan fingerprint density at radius 2 is 1.76 bits per heavy atom. The molecule has 1 aromatic carbocycles. The number of carbonyl (C=O) groups is 2. The summed E-state index contributed by atoms with van der Waals surface area (Å²) in [5.41, 5.74) is 2.45. The van der Waals surface area contributed by atoms with Crippen LogP contribution in [0.4, 0.5) is 0 Å². The van der Waals surface area contributed by atoms with Crippen molar-refractivity contribution >= 4 is 11.9 Å². The van der Waals surface area contributed by atoms with Gasteiger partial charge in [0.25, 0.3) is 0 Å². The number of ether oxygens (including phenoxy) is 1. The maximum absolute atomic E-state index is 11.9. The lowest BCUT2D eigenvalue weighted by atomic mass is 10.1. The maximum Gasteiger partial charge on any atom is 0.307 e. The van der Waals surface area contributed by atoms with Crippen molar-refractivity contribution in [1.29, 1.82) is 0 Å². The van der Waals surface area contributed by atoms with Crippen LogP contribution in [-0.4, -0.2) is 25.0 Å². The highest BCUT2D eigenvalue weighted by atomic mass is 16.5. The molecule has 4 heteroatoms. The zero-order valence-corrected chi connectivity index (χ0v) is 13.1. The number of methoxy groups -OCH3 is 1. The average molecular weight is 291 g/mol. The van der Waals surface area contributed by atoms with Crippen LogP contribution in [0, 0.1) is 0 Å². The van der Waals surface area contributed by atoms with Crippen LogP contribution in [0.1, 0.15) is 44.2 Å². The normalized spacial score (nSPS) is 11.8. The highest BCUT2D eigenvalue weighted by Gasteiger charge is 2.14. The van der Waals surface area contributed by atoms with E-state index in [2.05, 4.69) is 41.2 Å². The second-order valence-corrected chi connectivity index (χ2v) is 5.12. The molecule has 0 saturated heterocycles. The van der Waals surface area contributed by atoms with Crippen LogP contribution in [0.25, 0.3) is 0 Å². The largest absolute Gasteiger partial charge is 0.469 e. The number of rotatable bonds is 8. The molecule has 0 saturated carbocycles. The molecule has 0 radical (unpaired) electrons. The van der Waals surface area contributed by atoms with Gasteiger partial charge < -0.3 is 10.1 Å². The zero-order valence-electron chi connectivity index (χ0n) is 13.1. The standard InChI is InChI=1S/C17H25NO3/c1-4-13-6-8-14(9-7-13)10-11-16(19)18-15(5-2)12-17(20)21-3/h6-9,15H,4-5,10-12H2,1-3H3,(H,18,19). The van der Waals surface area contributed by atoms with Gasteiger partial charge in [-0.05, 0) is 30.4 Å². The molecule has 1 N–H and O–H groups in total. The first-order chi connectivity index (χ1) is 10.1. The predicted octanol–water partition coefficient (Wildman–Crippen LogP) is 2.64. The highest BCUT2D eigenvalue weighted by molar-refractivity contribution is 5.77. The molecule has 0 bridgehead atoms. The zero-order chi connectivity index (χ0) is 15.7. The van der Waals surface area contributed by atoms with Crippen LogP contribution < -0.4 is 5.32 Å². The number of nitrogens with one attached hydrogen (secondary N) is 1. The summed E-state index contributed by atoms with van der Waals surface area (Å²) >= 11 is 0. The first-order valence-corrected chi connectivity index (χ1v) is 7.53. The lowest BCUT2D eigenvalue weighted by Gasteiger charge is -2.15. The Labute approximate surface area is 126 Å². The van der Waals surface area contributed by atoms with E-state index >= 15 is 0 Å². The van der Waals surface area contributed by atoms with Crippen LogP contribution in [0.3, 0.4) is 0 Å². The summed E-state index contributed by atoms with van der Waals surface area (Å²) in [4.78, 5) is 23.1. The van der Waals surface area contributed by atoms with Gasteiger partial charge in [-0.3, -0.25) is 9.59 Å². The summed E-state index contributed by atoms with van der Waals surface area (Å²) in [5, 5.41) is 2.88. The molecule has 0 aliphatic rings. The molecule has 0 spiro atoms. The fraction of sp³-hybridized carbons (Fsp3) is 0.529. The molecule has 1 unspecified atom stereocenters. The van der Waals surface area contributed by atoms with Crippen molar-refractivity contribution in [2.45, 2.75) is 52.0 Å². The van der Waals surface area contributed by atoms with Gasteiger partial charge in [0.15, 0.2) is 0 Å². The van der Waals surface area contributed by atoms with Crippen LogP contribution in [0.15, 0.2) is 24.3 Å². The molecule has 0 aliphatic heterocycles. The molecule has 1 aromatic rings. The van der Waals surface area contributed by atoms with Gasteiger partial charge in [-0.15, -0.1) is 0 Å². The Kier molecular flexibility index (Phi) is 7.51. The van der Waals surface area contributed by atoms with Gasteiger partial charge in [-0.2, -0.15) is 0 Å². The quantitative estimate of drug-likeness (QED) is 0.749. The van der Waals surface area contributed by atoms with Crippen molar-refractivity contribution < 1.29 is 14.3 Å². The van der Waals surface area contributed by atoms with Crippen molar-refractivity contribution in [3.05, 3.63) is 35.4 Å². The van der Waals surface area contributed by atoms with E-state index in [1.165, 1.54) is 12.7 Å². The minimum absolute atomic E-state index is 0.0229. The number of hydrogen-bond donors (Lipinski definition) is 1. The molecular weight excluding hydrogens is 266 g/mol. The number of hydrogen-bond acceptors (Lipinski definition) is 3. The summed E-state index contributed by atoms with van der Waals surface area (Å²) < 4.78 is 4.62. The Bertz CT molecular complexity index is 454. The van der Waals surface area contributed by atoms with E-state index in [9.17, 15) is 9.59 Å². The monoisotopic (exact) mass is 291 g/mol. The van der Waals surface area contributed by atoms with E-state index in [0.717, 1.165) is 12.0 Å². The van der Waals surface area contributed by atoms with Crippen molar-refractivity contribution in [3.8, 4) is 0 Å². The van der Waals surface area contributed by atoms with Crippen molar-refractivity contribution in [2.75, 3.05) is 7.11 Å². The van der Waals surface area contributed by atoms with E-state index in [-0.39, 0.29) is 24.3 Å². The molecular formula is C17H25NO3. The third kappa shape index (κ3) is 6.43. The van der Waals surface area contributed by atoms with Gasteiger partial charge in [-0.25, -0.2) is 0 Å². The van der Waals surface area contributed by atoms with Gasteiger partial charge in [0.05, 0.1) is 13.5 Å². The van der Waals surface area contributed by atoms with Crippen molar-refractivity contribution in [3.63, 3.8) is 0 Å². The van der Waals surface area contributed by atoms with E-state index < -0.39 is 0 Å². The van der Waals surface area contributed by atoms with Crippen LogP contribution in [-0.2, 0) is 27.2 Å². The molecule has 0 heterocycles. The summed E-state index contributed by atoms with van der Waals surface area (Å²) in [6.45, 7) is 4.06. The average Bonchev–Trinajstić information content (AvgIpc) is 2.52. The third-order valence-electron chi connectivity index (χ3n) is 3.57. The molecule has 0 aliphatic carbocycles. The first-order valence-electron chi connectivity index (χ1n) is 7.53. The van der Waals surface area contributed by atoms with E-state index in [1.807, 2.05) is 6.92 Å². The molecule has 21 heavy (non-hydrogen) atoms. The molecule has 1 atom stereocenters. The lowest BCUT2D eigenvalue weighted by Crippen LogP contribution is -2.36. The Morgan fingerprint density at radius 1 is 1.14 bits per heavy atom. The second-order valence-electron chi connectivity index (χ2n) is 5.12. The molecule has 1 amide bonds. The predicted molar refractivity (Wildman–Crippen MR) is 83.0 cm³/mol. The summed E-state index contributed by atoms with van der Waals surface area (Å²) in [6, 6.07) is 8.18. The Morgan fingerprint density at radius 3 is 2.29 bits per heavy atom. The Hall–Kier alpha value is -1.84. The van der Waals surface area contributed by atoms with Gasteiger partial charge in [0, 0.05) is 12.5 Å². The van der Waals surface area contributed by atoms with E-state index in [4.69, 9.17) is 0 Å². The first kappa shape index (κ1) is 17.2. The fourth-order valence-electron chi connectivity index (χ4n) is 2.08. The smallest absolute Gasteiger partial charge is 0.307 e. The van der Waals surface area contributed by atoms with Crippen LogP contribution in [0.2, 0.25) is 0 Å². The molecule has 0 aromatic heterocycles. The topological polar surface area (TPSA) is 55.4 Å². The summed E-state index contributed by atoms with van der Waals surface area (Å²) in [5.74, 6) is -0.317. The minimum atomic E-state index is -0.294. The Balaban J connectivity index is 2.39. The summed E-state index contributed by atoms with van der Waals surface area (Å²) in [6.07, 6.45) is 3.11. The fourth-order valence-corrected chi connectivity index (χ4v) is 2.08. The number of carbonyl (C=O) groups excluding carboxylic acids is 2. The number of amides is 1. The van der Waals surface area contributed by atoms with Crippen LogP contribution >= 0.6 is 0 Å².